The molecule has 25 heavy (non-hydrogen) atoms. The molecule has 0 aromatic heterocycles. The molecule has 1 N–H and O–H groups in total. The van der Waals surface area contributed by atoms with E-state index in [9.17, 15) is 9.90 Å². The SMILES string of the molecule is O=C(c1ccc2c(c1)CCCC2)N1CCN(c2ccccc2O)CC1. The van der Waals surface area contributed by atoms with Crippen LogP contribution < -0.4 is 4.90 Å². The Kier molecular flexibility index (Phi) is 4.35. The summed E-state index contributed by atoms with van der Waals surface area (Å²) in [6.45, 7) is 2.86. The van der Waals surface area contributed by atoms with Gasteiger partial charge in [0, 0.05) is 31.7 Å². The number of hydrogen-bond acceptors (Lipinski definition) is 3. The fraction of sp³-hybridized carbons (Fsp3) is 0.381. The van der Waals surface area contributed by atoms with Crippen molar-refractivity contribution in [2.24, 2.45) is 0 Å². The molecular weight excluding hydrogens is 312 g/mol. The van der Waals surface area contributed by atoms with Crippen LogP contribution in [0.25, 0.3) is 0 Å². The zero-order valence-corrected chi connectivity index (χ0v) is 14.4. The number of amides is 1. The molecular formula is C21H24N2O2. The van der Waals surface area contributed by atoms with Gasteiger partial charge in [0.25, 0.3) is 5.91 Å². The van der Waals surface area contributed by atoms with E-state index in [1.54, 1.807) is 6.07 Å². The molecule has 130 valence electrons. The van der Waals surface area contributed by atoms with Gasteiger partial charge in [0.15, 0.2) is 0 Å². The highest BCUT2D eigenvalue weighted by Crippen LogP contribution is 2.28. The quantitative estimate of drug-likeness (QED) is 0.916. The average molecular weight is 336 g/mol. The largest absolute Gasteiger partial charge is 0.506 e. The lowest BCUT2D eigenvalue weighted by molar-refractivity contribution is 0.0746. The molecule has 0 radical (unpaired) electrons. The van der Waals surface area contributed by atoms with Crippen molar-refractivity contribution in [1.29, 1.82) is 0 Å². The Morgan fingerprint density at radius 1 is 0.880 bits per heavy atom. The van der Waals surface area contributed by atoms with Crippen molar-refractivity contribution in [3.8, 4) is 5.75 Å². The summed E-state index contributed by atoms with van der Waals surface area (Å²) in [6, 6.07) is 13.6. The van der Waals surface area contributed by atoms with Crippen LogP contribution in [0, 0.1) is 0 Å². The lowest BCUT2D eigenvalue weighted by Crippen LogP contribution is -2.48. The van der Waals surface area contributed by atoms with Crippen LogP contribution in [0.5, 0.6) is 5.75 Å². The zero-order valence-electron chi connectivity index (χ0n) is 14.4. The first-order valence-electron chi connectivity index (χ1n) is 9.16. The predicted molar refractivity (Wildman–Crippen MR) is 99.3 cm³/mol. The second-order valence-corrected chi connectivity index (χ2v) is 6.96. The molecule has 4 heteroatoms. The van der Waals surface area contributed by atoms with Crippen molar-refractivity contribution in [2.75, 3.05) is 31.1 Å². The molecule has 1 aliphatic heterocycles. The molecule has 2 aromatic carbocycles. The third-order valence-corrected chi connectivity index (χ3v) is 5.38. The molecule has 1 fully saturated rings. The number of fused-ring (bicyclic) bond motifs is 1. The van der Waals surface area contributed by atoms with Gasteiger partial charge in [0.05, 0.1) is 5.69 Å². The van der Waals surface area contributed by atoms with Crippen LogP contribution >= 0.6 is 0 Å². The molecule has 2 aromatic rings. The van der Waals surface area contributed by atoms with Crippen molar-refractivity contribution in [3.05, 3.63) is 59.2 Å². The van der Waals surface area contributed by atoms with Gasteiger partial charge >= 0.3 is 0 Å². The second kappa shape index (κ2) is 6.79. The molecule has 4 rings (SSSR count). The van der Waals surface area contributed by atoms with Gasteiger partial charge in [-0.1, -0.05) is 18.2 Å². The molecule has 0 unspecified atom stereocenters. The number of phenols is 1. The van der Waals surface area contributed by atoms with Gasteiger partial charge in [0.2, 0.25) is 0 Å². The molecule has 1 heterocycles. The highest BCUT2D eigenvalue weighted by atomic mass is 16.3. The van der Waals surface area contributed by atoms with E-state index in [0.29, 0.717) is 18.8 Å². The number of rotatable bonds is 2. The minimum Gasteiger partial charge on any atom is -0.506 e. The molecule has 1 saturated heterocycles. The summed E-state index contributed by atoms with van der Waals surface area (Å²) in [5.74, 6) is 0.433. The lowest BCUT2D eigenvalue weighted by atomic mass is 9.90. The number of aryl methyl sites for hydroxylation is 2. The number of anilines is 1. The standard InChI is InChI=1S/C21H24N2O2/c24-20-8-4-3-7-19(20)22-11-13-23(14-12-22)21(25)18-10-9-16-5-1-2-6-17(16)15-18/h3-4,7-10,15,24H,1-2,5-6,11-14H2. The van der Waals surface area contributed by atoms with Gasteiger partial charge in [-0.15, -0.1) is 0 Å². The number of piperazine rings is 1. The predicted octanol–water partition coefficient (Wildman–Crippen LogP) is 3.23. The average Bonchev–Trinajstić information content (AvgIpc) is 2.67. The molecule has 1 aliphatic carbocycles. The summed E-state index contributed by atoms with van der Waals surface area (Å²) < 4.78 is 0. The van der Waals surface area contributed by atoms with Crippen LogP contribution in [-0.4, -0.2) is 42.1 Å². The van der Waals surface area contributed by atoms with Gasteiger partial charge < -0.3 is 14.9 Å². The van der Waals surface area contributed by atoms with Gasteiger partial charge in [0.1, 0.15) is 5.75 Å². The fourth-order valence-electron chi connectivity index (χ4n) is 3.93. The zero-order chi connectivity index (χ0) is 17.2. The Morgan fingerprint density at radius 3 is 2.36 bits per heavy atom. The number of carbonyl (C=O) groups excluding carboxylic acids is 1. The molecule has 0 saturated carbocycles. The van der Waals surface area contributed by atoms with E-state index in [0.717, 1.165) is 37.2 Å². The lowest BCUT2D eigenvalue weighted by Gasteiger charge is -2.36. The smallest absolute Gasteiger partial charge is 0.253 e. The monoisotopic (exact) mass is 336 g/mol. The molecule has 1 amide bonds. The van der Waals surface area contributed by atoms with Crippen molar-refractivity contribution in [3.63, 3.8) is 0 Å². The summed E-state index contributed by atoms with van der Waals surface area (Å²) >= 11 is 0. The maximum absolute atomic E-state index is 12.9. The maximum atomic E-state index is 12.9. The molecule has 0 spiro atoms. The number of para-hydroxylation sites is 2. The Hall–Kier alpha value is -2.49. The normalized spacial score (nSPS) is 17.3. The third-order valence-electron chi connectivity index (χ3n) is 5.38. The third kappa shape index (κ3) is 3.21. The summed E-state index contributed by atoms with van der Waals surface area (Å²) in [5.41, 5.74) is 4.43. The molecule has 0 bridgehead atoms. The van der Waals surface area contributed by atoms with Gasteiger partial charge in [-0.25, -0.2) is 0 Å². The Labute approximate surface area is 148 Å². The first-order valence-corrected chi connectivity index (χ1v) is 9.16. The van der Waals surface area contributed by atoms with Crippen LogP contribution in [0.4, 0.5) is 5.69 Å². The van der Waals surface area contributed by atoms with E-state index in [-0.39, 0.29) is 5.91 Å². The second-order valence-electron chi connectivity index (χ2n) is 6.96. The summed E-state index contributed by atoms with van der Waals surface area (Å²) in [5, 5.41) is 10.0. The van der Waals surface area contributed by atoms with Crippen molar-refractivity contribution < 1.29 is 9.90 Å². The Bertz CT molecular complexity index is 779. The van der Waals surface area contributed by atoms with Crippen LogP contribution in [0.15, 0.2) is 42.5 Å². The van der Waals surface area contributed by atoms with Crippen LogP contribution in [0.2, 0.25) is 0 Å². The Balaban J connectivity index is 1.44. The van der Waals surface area contributed by atoms with Gasteiger partial charge in [-0.3, -0.25) is 4.79 Å². The van der Waals surface area contributed by atoms with Gasteiger partial charge in [-0.05, 0) is 61.1 Å². The van der Waals surface area contributed by atoms with E-state index >= 15 is 0 Å². The Morgan fingerprint density at radius 2 is 1.60 bits per heavy atom. The number of nitrogens with zero attached hydrogens (tertiary/aromatic N) is 2. The minimum absolute atomic E-state index is 0.130. The molecule has 2 aliphatic rings. The first kappa shape index (κ1) is 16.0. The number of carbonyl (C=O) groups is 1. The molecule has 4 nitrogen and oxygen atoms in total. The summed E-state index contributed by atoms with van der Waals surface area (Å²) in [7, 11) is 0. The van der Waals surface area contributed by atoms with Crippen molar-refractivity contribution in [1.82, 2.24) is 4.90 Å². The topological polar surface area (TPSA) is 43.8 Å². The van der Waals surface area contributed by atoms with E-state index in [4.69, 9.17) is 0 Å². The minimum atomic E-state index is 0.130. The van der Waals surface area contributed by atoms with E-state index in [1.807, 2.05) is 29.2 Å². The number of hydrogen-bond donors (Lipinski definition) is 1. The van der Waals surface area contributed by atoms with Gasteiger partial charge in [-0.2, -0.15) is 0 Å². The highest BCUT2D eigenvalue weighted by molar-refractivity contribution is 5.94. The van der Waals surface area contributed by atoms with Crippen molar-refractivity contribution in [2.45, 2.75) is 25.7 Å². The van der Waals surface area contributed by atoms with E-state index in [1.165, 1.54) is 24.0 Å². The van der Waals surface area contributed by atoms with E-state index in [2.05, 4.69) is 17.0 Å². The fourth-order valence-corrected chi connectivity index (χ4v) is 3.93. The highest BCUT2D eigenvalue weighted by Gasteiger charge is 2.24. The van der Waals surface area contributed by atoms with Crippen LogP contribution in [0.1, 0.15) is 34.3 Å². The van der Waals surface area contributed by atoms with Crippen LogP contribution in [0.3, 0.4) is 0 Å². The van der Waals surface area contributed by atoms with Crippen LogP contribution in [-0.2, 0) is 12.8 Å². The molecule has 0 atom stereocenters. The number of benzene rings is 2. The summed E-state index contributed by atoms with van der Waals surface area (Å²) in [4.78, 5) is 16.9. The number of phenolic OH excluding ortho intramolecular Hbond substituents is 1. The van der Waals surface area contributed by atoms with E-state index < -0.39 is 0 Å². The summed E-state index contributed by atoms with van der Waals surface area (Å²) in [6.07, 6.45) is 4.72. The maximum Gasteiger partial charge on any atom is 0.253 e. The number of aromatic hydroxyl groups is 1. The first-order chi connectivity index (χ1) is 12.2. The van der Waals surface area contributed by atoms with Crippen molar-refractivity contribution >= 4 is 11.6 Å².